The zero-order valence-corrected chi connectivity index (χ0v) is 8.25. The van der Waals surface area contributed by atoms with Crippen molar-refractivity contribution >= 4 is 33.6 Å². The molecule has 0 N–H and O–H groups in total. The first-order chi connectivity index (χ1) is 5.29. The molecule has 2 heteroatoms. The summed E-state index contributed by atoms with van der Waals surface area (Å²) in [7, 11) is 0. The van der Waals surface area contributed by atoms with Gasteiger partial charge in [-0.1, -0.05) is 18.2 Å². The smallest absolute Gasteiger partial charge is 0.137 e. The highest BCUT2D eigenvalue weighted by atomic mass is 127. The maximum Gasteiger partial charge on any atom is 0.137 e. The van der Waals surface area contributed by atoms with Gasteiger partial charge in [0.05, 0.1) is 3.57 Å². The van der Waals surface area contributed by atoms with E-state index in [-0.39, 0.29) is 0 Å². The monoisotopic (exact) mass is 258 g/mol. The van der Waals surface area contributed by atoms with Crippen LogP contribution < -0.4 is 0 Å². The Kier molecular flexibility index (Phi) is 1.64. The van der Waals surface area contributed by atoms with Crippen molar-refractivity contribution in [2.24, 2.45) is 0 Å². The average Bonchev–Trinajstić information content (AvgIpc) is 2.35. The van der Waals surface area contributed by atoms with E-state index in [2.05, 4.69) is 47.7 Å². The molecule has 0 atom stereocenters. The van der Waals surface area contributed by atoms with Gasteiger partial charge in [0, 0.05) is 5.39 Å². The van der Waals surface area contributed by atoms with E-state index in [1.54, 1.807) is 6.26 Å². The average molecular weight is 258 g/mol. The minimum atomic E-state index is 1.01. The number of halogens is 1. The van der Waals surface area contributed by atoms with Crippen LogP contribution in [0.15, 0.2) is 28.9 Å². The highest BCUT2D eigenvalue weighted by Gasteiger charge is 2.03. The molecule has 0 fully saturated rings. The van der Waals surface area contributed by atoms with Crippen molar-refractivity contribution < 1.29 is 4.42 Å². The van der Waals surface area contributed by atoms with E-state index in [1.807, 2.05) is 0 Å². The minimum absolute atomic E-state index is 1.01. The van der Waals surface area contributed by atoms with Crippen molar-refractivity contribution in [2.45, 2.75) is 6.92 Å². The van der Waals surface area contributed by atoms with E-state index in [9.17, 15) is 0 Å². The molecule has 0 spiro atoms. The standard InChI is InChI=1S/C9H7IO/c1-6-3-2-4-7-8(10)5-11-9(6)7/h2-5H,1H3. The molecule has 1 heterocycles. The van der Waals surface area contributed by atoms with Crippen LogP contribution in [0.3, 0.4) is 0 Å². The third-order valence-corrected chi connectivity index (χ3v) is 2.58. The maximum absolute atomic E-state index is 5.37. The summed E-state index contributed by atoms with van der Waals surface area (Å²) < 4.78 is 6.55. The minimum Gasteiger partial charge on any atom is -0.463 e. The van der Waals surface area contributed by atoms with Gasteiger partial charge < -0.3 is 4.42 Å². The zero-order chi connectivity index (χ0) is 7.84. The number of fused-ring (bicyclic) bond motifs is 1. The van der Waals surface area contributed by atoms with Crippen molar-refractivity contribution in [3.63, 3.8) is 0 Å². The Hall–Kier alpha value is -0.510. The number of aryl methyl sites for hydroxylation is 1. The lowest BCUT2D eigenvalue weighted by molar-refractivity contribution is 0.611. The summed E-state index contributed by atoms with van der Waals surface area (Å²) in [6.45, 7) is 2.06. The molecule has 0 aliphatic heterocycles. The summed E-state index contributed by atoms with van der Waals surface area (Å²) in [6, 6.07) is 6.19. The normalized spacial score (nSPS) is 10.7. The third kappa shape index (κ3) is 1.05. The van der Waals surface area contributed by atoms with Gasteiger partial charge in [0.15, 0.2) is 0 Å². The summed E-state index contributed by atoms with van der Waals surface area (Å²) in [6.07, 6.45) is 1.79. The Labute approximate surface area is 78.5 Å². The van der Waals surface area contributed by atoms with Crippen molar-refractivity contribution in [1.82, 2.24) is 0 Å². The number of hydrogen-bond acceptors (Lipinski definition) is 1. The first-order valence-corrected chi connectivity index (χ1v) is 4.49. The molecule has 0 radical (unpaired) electrons. The highest BCUT2D eigenvalue weighted by Crippen LogP contribution is 2.24. The second kappa shape index (κ2) is 2.52. The molecular formula is C9H7IO. The Morgan fingerprint density at radius 2 is 2.18 bits per heavy atom. The fourth-order valence-electron chi connectivity index (χ4n) is 1.17. The van der Waals surface area contributed by atoms with Gasteiger partial charge in [-0.2, -0.15) is 0 Å². The van der Waals surface area contributed by atoms with Crippen molar-refractivity contribution in [3.8, 4) is 0 Å². The molecule has 0 amide bonds. The van der Waals surface area contributed by atoms with Crippen LogP contribution in [0.4, 0.5) is 0 Å². The van der Waals surface area contributed by atoms with E-state index < -0.39 is 0 Å². The van der Waals surface area contributed by atoms with Gasteiger partial charge in [-0.15, -0.1) is 0 Å². The molecule has 1 aromatic carbocycles. The molecule has 2 aromatic rings. The fraction of sp³-hybridized carbons (Fsp3) is 0.111. The summed E-state index contributed by atoms with van der Waals surface area (Å²) in [5.41, 5.74) is 2.21. The fourth-order valence-corrected chi connectivity index (χ4v) is 1.72. The second-order valence-corrected chi connectivity index (χ2v) is 3.70. The molecule has 1 aromatic heterocycles. The van der Waals surface area contributed by atoms with Crippen LogP contribution in [0.25, 0.3) is 11.0 Å². The van der Waals surface area contributed by atoms with E-state index >= 15 is 0 Å². The number of furan rings is 1. The molecule has 0 bridgehead atoms. The van der Waals surface area contributed by atoms with Gasteiger partial charge in [0.1, 0.15) is 11.8 Å². The third-order valence-electron chi connectivity index (χ3n) is 1.75. The molecule has 0 saturated heterocycles. The van der Waals surface area contributed by atoms with Crippen LogP contribution in [-0.4, -0.2) is 0 Å². The summed E-state index contributed by atoms with van der Waals surface area (Å²) >= 11 is 2.28. The van der Waals surface area contributed by atoms with Crippen molar-refractivity contribution in [1.29, 1.82) is 0 Å². The molecule has 2 rings (SSSR count). The summed E-state index contributed by atoms with van der Waals surface area (Å²) in [5.74, 6) is 0. The SMILES string of the molecule is Cc1cccc2c(I)coc12. The van der Waals surface area contributed by atoms with E-state index in [4.69, 9.17) is 4.42 Å². The van der Waals surface area contributed by atoms with Crippen LogP contribution >= 0.6 is 22.6 Å². The van der Waals surface area contributed by atoms with Gasteiger partial charge in [0.25, 0.3) is 0 Å². The molecule has 56 valence electrons. The maximum atomic E-state index is 5.37. The molecule has 0 saturated carbocycles. The first-order valence-electron chi connectivity index (χ1n) is 3.41. The molecule has 0 aliphatic rings. The Balaban J connectivity index is 2.94. The van der Waals surface area contributed by atoms with Crippen LogP contribution in [0.5, 0.6) is 0 Å². The highest BCUT2D eigenvalue weighted by molar-refractivity contribution is 14.1. The number of para-hydroxylation sites is 1. The first kappa shape index (κ1) is 7.16. The van der Waals surface area contributed by atoms with Gasteiger partial charge in [0.2, 0.25) is 0 Å². The Bertz CT molecular complexity index is 389. The topological polar surface area (TPSA) is 13.1 Å². The number of benzene rings is 1. The van der Waals surface area contributed by atoms with Crippen molar-refractivity contribution in [2.75, 3.05) is 0 Å². The molecule has 0 aliphatic carbocycles. The van der Waals surface area contributed by atoms with Gasteiger partial charge in [-0.3, -0.25) is 0 Å². The van der Waals surface area contributed by atoms with E-state index in [1.165, 1.54) is 14.5 Å². The Morgan fingerprint density at radius 3 is 2.91 bits per heavy atom. The van der Waals surface area contributed by atoms with Crippen LogP contribution in [-0.2, 0) is 0 Å². The van der Waals surface area contributed by atoms with Crippen LogP contribution in [0.2, 0.25) is 0 Å². The largest absolute Gasteiger partial charge is 0.463 e. The van der Waals surface area contributed by atoms with Crippen molar-refractivity contribution in [3.05, 3.63) is 33.6 Å². The predicted octanol–water partition coefficient (Wildman–Crippen LogP) is 3.35. The van der Waals surface area contributed by atoms with E-state index in [0.29, 0.717) is 0 Å². The second-order valence-electron chi connectivity index (χ2n) is 2.54. The lowest BCUT2D eigenvalue weighted by Gasteiger charge is -1.91. The van der Waals surface area contributed by atoms with Gasteiger partial charge in [-0.25, -0.2) is 0 Å². The lowest BCUT2D eigenvalue weighted by atomic mass is 10.2. The molecule has 0 unspecified atom stereocenters. The van der Waals surface area contributed by atoms with E-state index in [0.717, 1.165) is 5.58 Å². The molecule has 11 heavy (non-hydrogen) atoms. The summed E-state index contributed by atoms with van der Waals surface area (Å²) in [4.78, 5) is 0. The number of hydrogen-bond donors (Lipinski definition) is 0. The van der Waals surface area contributed by atoms with Gasteiger partial charge in [-0.05, 0) is 35.1 Å². The molecule has 1 nitrogen and oxygen atoms in total. The predicted molar refractivity (Wildman–Crippen MR) is 53.7 cm³/mol. The quantitative estimate of drug-likeness (QED) is 0.660. The Morgan fingerprint density at radius 1 is 1.36 bits per heavy atom. The van der Waals surface area contributed by atoms with Crippen LogP contribution in [0.1, 0.15) is 5.56 Å². The number of rotatable bonds is 0. The van der Waals surface area contributed by atoms with Gasteiger partial charge >= 0.3 is 0 Å². The van der Waals surface area contributed by atoms with Crippen LogP contribution in [0, 0.1) is 10.5 Å². The zero-order valence-electron chi connectivity index (χ0n) is 6.10. The summed E-state index contributed by atoms with van der Waals surface area (Å²) in [5, 5.41) is 1.21. The lowest BCUT2D eigenvalue weighted by Crippen LogP contribution is -1.71. The molecular weight excluding hydrogens is 251 g/mol.